The predicted octanol–water partition coefficient (Wildman–Crippen LogP) is 16.2. The van der Waals surface area contributed by atoms with Crippen LogP contribution in [0.4, 0.5) is 0 Å². The number of nitrogens with one attached hydrogen (secondary N) is 1. The number of aliphatic hydroxyl groups is 2. The first-order chi connectivity index (χ1) is 31.0. The summed E-state index contributed by atoms with van der Waals surface area (Å²) in [5.41, 5.74) is 0. The largest absolute Gasteiger partial charge is 0.462 e. The van der Waals surface area contributed by atoms with Crippen molar-refractivity contribution < 1.29 is 24.5 Å². The molecule has 0 heterocycles. The number of amides is 1. The summed E-state index contributed by atoms with van der Waals surface area (Å²) < 4.78 is 5.92. The average Bonchev–Trinajstić information content (AvgIpc) is 3.28. The molecule has 0 fully saturated rings. The van der Waals surface area contributed by atoms with Gasteiger partial charge in [-0.25, -0.2) is 0 Å². The van der Waals surface area contributed by atoms with Gasteiger partial charge in [-0.2, -0.15) is 0 Å². The van der Waals surface area contributed by atoms with Gasteiger partial charge in [-0.1, -0.05) is 216 Å². The first-order valence-electron chi connectivity index (χ1n) is 26.7. The van der Waals surface area contributed by atoms with Gasteiger partial charge in [0, 0.05) is 6.42 Å². The molecule has 0 bridgehead atoms. The maximum absolute atomic E-state index is 13.2. The molecular formula is C57H101NO5. The lowest BCUT2D eigenvalue weighted by atomic mass is 10.0. The Balaban J connectivity index is 4.63. The summed E-state index contributed by atoms with van der Waals surface area (Å²) >= 11 is 0. The van der Waals surface area contributed by atoms with Crippen LogP contribution in [0.3, 0.4) is 0 Å². The lowest BCUT2D eigenvalue weighted by Crippen LogP contribution is -2.46. The van der Waals surface area contributed by atoms with E-state index in [-0.39, 0.29) is 24.9 Å². The van der Waals surface area contributed by atoms with Crippen molar-refractivity contribution in [2.45, 2.75) is 270 Å². The molecule has 0 spiro atoms. The third kappa shape index (κ3) is 45.7. The minimum atomic E-state index is -0.798. The van der Waals surface area contributed by atoms with Gasteiger partial charge in [0.1, 0.15) is 6.10 Å². The summed E-state index contributed by atoms with van der Waals surface area (Å²) in [6, 6.07) is -0.713. The Morgan fingerprint density at radius 2 is 0.857 bits per heavy atom. The minimum absolute atomic E-state index is 0.0562. The molecule has 0 aromatic rings. The van der Waals surface area contributed by atoms with E-state index in [0.29, 0.717) is 19.3 Å². The standard InChI is InChI=1S/C57H101NO5/c1-4-7-10-13-16-19-22-25-26-27-28-29-30-32-35-38-41-44-47-50-57(62)63-53(48-45-42-39-36-33-31-23-20-17-14-11-8-5-2)51-56(61)58-54(52-59)55(60)49-46-43-40-37-34-24-21-18-15-12-9-6-3/h7,10,16,19-20,23,25-26,28-29,32,35,53-55,59-60H,4-6,8-9,11-15,17-18,21-22,24,27,30-31,33-34,36-52H2,1-3H3,(H,58,61)/b10-7-,19-16-,23-20-,26-25-,29-28-,35-32-. The summed E-state index contributed by atoms with van der Waals surface area (Å²) in [6.45, 7) is 6.35. The molecule has 0 aliphatic heterocycles. The fraction of sp³-hybridized carbons (Fsp3) is 0.754. The van der Waals surface area contributed by atoms with Gasteiger partial charge in [-0.05, 0) is 96.3 Å². The first kappa shape index (κ1) is 60.3. The molecular weight excluding hydrogens is 779 g/mol. The van der Waals surface area contributed by atoms with E-state index in [1.54, 1.807) is 0 Å². The molecule has 6 nitrogen and oxygen atoms in total. The normalized spacial score (nSPS) is 13.8. The van der Waals surface area contributed by atoms with E-state index in [1.165, 1.54) is 103 Å². The summed E-state index contributed by atoms with van der Waals surface area (Å²) in [5.74, 6) is -0.519. The van der Waals surface area contributed by atoms with E-state index >= 15 is 0 Å². The van der Waals surface area contributed by atoms with Crippen molar-refractivity contribution in [3.05, 3.63) is 72.9 Å². The van der Waals surface area contributed by atoms with Crippen LogP contribution >= 0.6 is 0 Å². The Morgan fingerprint density at radius 3 is 1.33 bits per heavy atom. The molecule has 0 aliphatic carbocycles. The van der Waals surface area contributed by atoms with E-state index < -0.39 is 18.2 Å². The second-order valence-corrected chi connectivity index (χ2v) is 17.9. The highest BCUT2D eigenvalue weighted by Gasteiger charge is 2.24. The van der Waals surface area contributed by atoms with Crippen molar-refractivity contribution >= 4 is 11.9 Å². The van der Waals surface area contributed by atoms with Gasteiger partial charge >= 0.3 is 5.97 Å². The molecule has 364 valence electrons. The maximum atomic E-state index is 13.2. The van der Waals surface area contributed by atoms with Crippen LogP contribution in [0.5, 0.6) is 0 Å². The number of carbonyl (C=O) groups excluding carboxylic acids is 2. The fourth-order valence-corrected chi connectivity index (χ4v) is 7.75. The average molecular weight is 880 g/mol. The van der Waals surface area contributed by atoms with Crippen molar-refractivity contribution in [1.29, 1.82) is 0 Å². The summed E-state index contributed by atoms with van der Waals surface area (Å²) in [6.07, 6.45) is 63.9. The zero-order valence-corrected chi connectivity index (χ0v) is 41.4. The van der Waals surface area contributed by atoms with Crippen molar-refractivity contribution in [3.63, 3.8) is 0 Å². The van der Waals surface area contributed by atoms with Crippen molar-refractivity contribution in [1.82, 2.24) is 5.32 Å². The van der Waals surface area contributed by atoms with Gasteiger partial charge < -0.3 is 20.3 Å². The molecule has 0 aromatic carbocycles. The Kier molecular flexibility index (Phi) is 48.1. The Labute approximate surface area is 390 Å². The topological polar surface area (TPSA) is 95.9 Å². The van der Waals surface area contributed by atoms with E-state index in [0.717, 1.165) is 103 Å². The summed E-state index contributed by atoms with van der Waals surface area (Å²) in [5, 5.41) is 23.8. The second kappa shape index (κ2) is 50.3. The smallest absolute Gasteiger partial charge is 0.306 e. The fourth-order valence-electron chi connectivity index (χ4n) is 7.75. The molecule has 3 N–H and O–H groups in total. The lowest BCUT2D eigenvalue weighted by Gasteiger charge is -2.24. The summed E-state index contributed by atoms with van der Waals surface area (Å²) in [4.78, 5) is 26.2. The Bertz CT molecular complexity index is 1170. The molecule has 63 heavy (non-hydrogen) atoms. The lowest BCUT2D eigenvalue weighted by molar-refractivity contribution is -0.151. The zero-order valence-electron chi connectivity index (χ0n) is 41.4. The molecule has 3 unspecified atom stereocenters. The van der Waals surface area contributed by atoms with Crippen LogP contribution in [0, 0.1) is 0 Å². The zero-order chi connectivity index (χ0) is 45.9. The van der Waals surface area contributed by atoms with Gasteiger partial charge in [-0.3, -0.25) is 9.59 Å². The highest BCUT2D eigenvalue weighted by molar-refractivity contribution is 5.77. The number of rotatable bonds is 47. The minimum Gasteiger partial charge on any atom is -0.462 e. The van der Waals surface area contributed by atoms with Crippen molar-refractivity contribution in [3.8, 4) is 0 Å². The summed E-state index contributed by atoms with van der Waals surface area (Å²) in [7, 11) is 0. The van der Waals surface area contributed by atoms with Crippen LogP contribution in [0.1, 0.15) is 252 Å². The van der Waals surface area contributed by atoms with Gasteiger partial charge in [0.2, 0.25) is 5.91 Å². The molecule has 0 radical (unpaired) electrons. The molecule has 1 amide bonds. The number of carbonyl (C=O) groups is 2. The number of esters is 1. The highest BCUT2D eigenvalue weighted by atomic mass is 16.5. The number of hydrogen-bond acceptors (Lipinski definition) is 5. The van der Waals surface area contributed by atoms with Crippen LogP contribution in [0.2, 0.25) is 0 Å². The van der Waals surface area contributed by atoms with E-state index in [1.807, 2.05) is 0 Å². The molecule has 0 saturated heterocycles. The second-order valence-electron chi connectivity index (χ2n) is 17.9. The van der Waals surface area contributed by atoms with Gasteiger partial charge in [0.15, 0.2) is 0 Å². The van der Waals surface area contributed by atoms with Gasteiger partial charge in [0.25, 0.3) is 0 Å². The number of ether oxygens (including phenoxy) is 1. The molecule has 0 aromatic heterocycles. The predicted molar refractivity (Wildman–Crippen MR) is 273 cm³/mol. The number of unbranched alkanes of at least 4 members (excludes halogenated alkanes) is 23. The number of aliphatic hydroxyl groups excluding tert-OH is 2. The molecule has 0 saturated carbocycles. The number of hydrogen-bond donors (Lipinski definition) is 3. The molecule has 6 heteroatoms. The number of allylic oxidation sites excluding steroid dienone is 12. The van der Waals surface area contributed by atoms with E-state index in [9.17, 15) is 19.8 Å². The highest BCUT2D eigenvalue weighted by Crippen LogP contribution is 2.17. The maximum Gasteiger partial charge on any atom is 0.306 e. The Hall–Kier alpha value is -2.70. The van der Waals surface area contributed by atoms with Gasteiger partial charge in [-0.15, -0.1) is 0 Å². The quantitative estimate of drug-likeness (QED) is 0.0321. The van der Waals surface area contributed by atoms with Crippen LogP contribution in [0.25, 0.3) is 0 Å². The first-order valence-corrected chi connectivity index (χ1v) is 26.7. The van der Waals surface area contributed by atoms with Gasteiger partial charge in [0.05, 0.1) is 25.2 Å². The molecule has 0 rings (SSSR count). The van der Waals surface area contributed by atoms with Crippen LogP contribution in [0.15, 0.2) is 72.9 Å². The molecule has 0 aliphatic rings. The van der Waals surface area contributed by atoms with Crippen molar-refractivity contribution in [2.24, 2.45) is 0 Å². The van der Waals surface area contributed by atoms with E-state index in [2.05, 4.69) is 99.0 Å². The van der Waals surface area contributed by atoms with Crippen LogP contribution in [-0.2, 0) is 14.3 Å². The SMILES string of the molecule is CC/C=C\C/C=C\C/C=C\C/C=C\C/C=C\CCCCCC(=O)OC(CCCCCCC/C=C\CCCCCC)CC(=O)NC(CO)C(O)CCCCCCCCCCCCCC. The van der Waals surface area contributed by atoms with Crippen molar-refractivity contribution in [2.75, 3.05) is 6.61 Å². The third-order valence-electron chi connectivity index (χ3n) is 11.8. The third-order valence-corrected chi connectivity index (χ3v) is 11.8. The van der Waals surface area contributed by atoms with Crippen LogP contribution in [-0.4, -0.2) is 46.9 Å². The Morgan fingerprint density at radius 1 is 0.476 bits per heavy atom. The monoisotopic (exact) mass is 880 g/mol. The van der Waals surface area contributed by atoms with E-state index in [4.69, 9.17) is 4.74 Å². The van der Waals surface area contributed by atoms with Crippen LogP contribution < -0.4 is 5.32 Å². The molecule has 3 atom stereocenters.